The molecule has 5 unspecified atom stereocenters. The van der Waals surface area contributed by atoms with Crippen molar-refractivity contribution in [2.75, 3.05) is 20.8 Å². The summed E-state index contributed by atoms with van der Waals surface area (Å²) in [6, 6.07) is 6.32. The van der Waals surface area contributed by atoms with Gasteiger partial charge in [-0.1, -0.05) is 6.07 Å². The zero-order valence-electron chi connectivity index (χ0n) is 15.3. The molecule has 0 radical (unpaired) electrons. The van der Waals surface area contributed by atoms with E-state index >= 15 is 0 Å². The average molecular weight is 378 g/mol. The maximum absolute atomic E-state index is 12.2. The van der Waals surface area contributed by atoms with Crippen LogP contribution in [0.1, 0.15) is 55.1 Å². The number of Topliss-reactive ketones (excluding diaryl/α,β-unsaturated/α-hetero) is 1. The summed E-state index contributed by atoms with van der Waals surface area (Å²) in [5.41, 5.74) is 2.75. The quantitative estimate of drug-likeness (QED) is 0.316. The largest absolute Gasteiger partial charge is 0.399 e. The summed E-state index contributed by atoms with van der Waals surface area (Å²) in [4.78, 5) is 16.8. The summed E-state index contributed by atoms with van der Waals surface area (Å²) < 4.78 is 15.8. The Morgan fingerprint density at radius 1 is 1.08 bits per heavy atom. The fraction of sp³-hybridized carbons (Fsp3) is 0.650. The predicted molar refractivity (Wildman–Crippen MR) is 98.7 cm³/mol. The molecule has 142 valence electrons. The second-order valence-corrected chi connectivity index (χ2v) is 8.13. The van der Waals surface area contributed by atoms with Crippen molar-refractivity contribution in [1.29, 1.82) is 0 Å². The van der Waals surface area contributed by atoms with E-state index in [2.05, 4.69) is 17.0 Å². The van der Waals surface area contributed by atoms with Crippen LogP contribution in [0.4, 0.5) is 0 Å². The second-order valence-electron chi connectivity index (χ2n) is 7.69. The van der Waals surface area contributed by atoms with Crippen LogP contribution in [0, 0.1) is 17.8 Å². The molecule has 5 atom stereocenters. The lowest BCUT2D eigenvalue weighted by molar-refractivity contribution is -0.164. The van der Waals surface area contributed by atoms with Gasteiger partial charge in [-0.05, 0) is 66.7 Å². The van der Waals surface area contributed by atoms with Gasteiger partial charge in [-0.3, -0.25) is 4.79 Å². The highest BCUT2D eigenvalue weighted by molar-refractivity contribution is 7.90. The van der Waals surface area contributed by atoms with E-state index in [-0.39, 0.29) is 0 Å². The number of hydrogen-bond donors (Lipinski definition) is 0. The van der Waals surface area contributed by atoms with Crippen LogP contribution in [-0.2, 0) is 18.8 Å². The van der Waals surface area contributed by atoms with Gasteiger partial charge in [-0.2, -0.15) is 0 Å². The first kappa shape index (κ1) is 18.3. The first-order chi connectivity index (χ1) is 12.7. The van der Waals surface area contributed by atoms with Crippen molar-refractivity contribution in [3.63, 3.8) is 0 Å². The number of ether oxygens (including phenoxy) is 1. The molecule has 0 amide bonds. The molecule has 0 saturated heterocycles. The van der Waals surface area contributed by atoms with E-state index in [1.54, 1.807) is 7.11 Å². The maximum atomic E-state index is 12.2. The highest BCUT2D eigenvalue weighted by Crippen LogP contribution is 2.56. The van der Waals surface area contributed by atoms with Gasteiger partial charge in [0.2, 0.25) is 0 Å². The number of rotatable bonds is 6. The van der Waals surface area contributed by atoms with Gasteiger partial charge in [-0.15, -0.1) is 4.33 Å². The van der Waals surface area contributed by atoms with Gasteiger partial charge in [0.05, 0.1) is 13.7 Å². The molecule has 6 heteroatoms. The minimum atomic E-state index is 0.311. The van der Waals surface area contributed by atoms with E-state index < -0.39 is 0 Å². The summed E-state index contributed by atoms with van der Waals surface area (Å²) in [6.45, 7) is 0.701. The zero-order chi connectivity index (χ0) is 18.1. The van der Waals surface area contributed by atoms with Crippen molar-refractivity contribution in [2.45, 2.75) is 43.9 Å². The minimum absolute atomic E-state index is 0.311. The van der Waals surface area contributed by atoms with Gasteiger partial charge < -0.3 is 8.92 Å². The fourth-order valence-electron chi connectivity index (χ4n) is 5.61. The van der Waals surface area contributed by atoms with Crippen LogP contribution in [0.5, 0.6) is 5.75 Å². The minimum Gasteiger partial charge on any atom is -0.399 e. The number of benzene rings is 1. The van der Waals surface area contributed by atoms with Gasteiger partial charge in [0.1, 0.15) is 11.5 Å². The number of carbonyl (C=O) groups is 1. The Kier molecular flexibility index (Phi) is 5.55. The Morgan fingerprint density at radius 2 is 1.92 bits per heavy atom. The monoisotopic (exact) mass is 378 g/mol. The maximum Gasteiger partial charge on any atom is 0.258 e. The lowest BCUT2D eigenvalue weighted by Gasteiger charge is -2.46. The molecule has 0 heterocycles. The molecule has 0 aliphatic heterocycles. The van der Waals surface area contributed by atoms with Crippen molar-refractivity contribution in [2.24, 2.45) is 17.8 Å². The molecule has 0 aromatic heterocycles. The van der Waals surface area contributed by atoms with Gasteiger partial charge in [0, 0.05) is 25.4 Å². The van der Waals surface area contributed by atoms with Crippen LogP contribution >= 0.6 is 12.3 Å². The lowest BCUT2D eigenvalue weighted by Crippen LogP contribution is -2.37. The fourth-order valence-corrected chi connectivity index (χ4v) is 5.88. The molecule has 3 aliphatic rings. The SMILES string of the molecule is COCC1CC2C(CCC3C(=O)CCC32)c2ccc(OSOOC)cc21. The number of carbonyl (C=O) groups excluding carboxylic acids is 1. The molecular weight excluding hydrogens is 352 g/mol. The summed E-state index contributed by atoms with van der Waals surface area (Å²) in [6.07, 6.45) is 5.13. The molecule has 26 heavy (non-hydrogen) atoms. The third-order valence-electron chi connectivity index (χ3n) is 6.56. The van der Waals surface area contributed by atoms with Crippen LogP contribution in [0.15, 0.2) is 18.2 Å². The second kappa shape index (κ2) is 7.89. The van der Waals surface area contributed by atoms with Crippen molar-refractivity contribution >= 4 is 18.1 Å². The van der Waals surface area contributed by atoms with Crippen LogP contribution in [-0.4, -0.2) is 26.6 Å². The standard InChI is InChI=1S/C20H26O5S/c1-22-11-12-9-19-15(5-6-17-16(19)7-8-20(17)21)14-4-3-13(10-18(12)14)24-26-25-23-2/h3-4,10,12,15-17,19H,5-9,11H2,1-2H3. The van der Waals surface area contributed by atoms with Crippen molar-refractivity contribution in [3.8, 4) is 5.75 Å². The van der Waals surface area contributed by atoms with Crippen LogP contribution < -0.4 is 4.18 Å². The van der Waals surface area contributed by atoms with Crippen LogP contribution in [0.25, 0.3) is 0 Å². The van der Waals surface area contributed by atoms with Crippen molar-refractivity contribution < 1.29 is 22.9 Å². The van der Waals surface area contributed by atoms with E-state index in [4.69, 9.17) is 13.3 Å². The first-order valence-corrected chi connectivity index (χ1v) is 10.1. The number of hydrogen-bond acceptors (Lipinski definition) is 6. The number of methoxy groups -OCH3 is 1. The summed E-state index contributed by atoms with van der Waals surface area (Å²) >= 11 is 0.816. The van der Waals surface area contributed by atoms with E-state index in [1.165, 1.54) is 18.2 Å². The Labute approximate surface area is 159 Å². The Bertz CT molecular complexity index is 664. The van der Waals surface area contributed by atoms with Crippen LogP contribution in [0.3, 0.4) is 0 Å². The third-order valence-corrected chi connectivity index (χ3v) is 7.01. The molecular formula is C20H26O5S. The van der Waals surface area contributed by atoms with Crippen molar-refractivity contribution in [3.05, 3.63) is 29.3 Å². The van der Waals surface area contributed by atoms with Gasteiger partial charge in [0.15, 0.2) is 0 Å². The Morgan fingerprint density at radius 3 is 2.73 bits per heavy atom. The Balaban J connectivity index is 1.62. The van der Waals surface area contributed by atoms with E-state index in [9.17, 15) is 4.79 Å². The summed E-state index contributed by atoms with van der Waals surface area (Å²) in [7, 11) is 3.21. The third kappa shape index (κ3) is 3.28. The van der Waals surface area contributed by atoms with E-state index in [0.29, 0.717) is 42.0 Å². The molecule has 4 rings (SSSR count). The van der Waals surface area contributed by atoms with Gasteiger partial charge in [-0.25, -0.2) is 4.89 Å². The topological polar surface area (TPSA) is 54.0 Å². The summed E-state index contributed by atoms with van der Waals surface area (Å²) in [5.74, 6) is 3.65. The molecule has 3 aliphatic carbocycles. The Hall–Kier alpha value is -1.08. The molecule has 0 bridgehead atoms. The number of ketones is 1. The lowest BCUT2D eigenvalue weighted by atomic mass is 9.58. The molecule has 2 saturated carbocycles. The smallest absolute Gasteiger partial charge is 0.258 e. The molecule has 2 fully saturated rings. The molecule has 0 spiro atoms. The molecule has 5 nitrogen and oxygen atoms in total. The normalized spacial score (nSPS) is 32.7. The van der Waals surface area contributed by atoms with Crippen molar-refractivity contribution in [1.82, 2.24) is 0 Å². The highest BCUT2D eigenvalue weighted by atomic mass is 32.2. The highest BCUT2D eigenvalue weighted by Gasteiger charge is 2.49. The average Bonchev–Trinajstić information content (AvgIpc) is 3.04. The zero-order valence-corrected chi connectivity index (χ0v) is 16.1. The molecule has 1 aromatic carbocycles. The van der Waals surface area contributed by atoms with Gasteiger partial charge in [0.25, 0.3) is 12.3 Å². The van der Waals surface area contributed by atoms with E-state index in [1.807, 2.05) is 6.07 Å². The summed E-state index contributed by atoms with van der Waals surface area (Å²) in [5, 5.41) is 0. The van der Waals surface area contributed by atoms with E-state index in [0.717, 1.165) is 50.2 Å². The van der Waals surface area contributed by atoms with Gasteiger partial charge >= 0.3 is 0 Å². The van der Waals surface area contributed by atoms with Crippen LogP contribution in [0.2, 0.25) is 0 Å². The first-order valence-electron chi connectivity index (χ1n) is 9.42. The predicted octanol–water partition coefficient (Wildman–Crippen LogP) is 4.43. The molecule has 0 N–H and O–H groups in total. The molecule has 1 aromatic rings. The number of fused-ring (bicyclic) bond motifs is 5.